The third-order valence-corrected chi connectivity index (χ3v) is 4.81. The van der Waals surface area contributed by atoms with Gasteiger partial charge < -0.3 is 9.80 Å². The van der Waals surface area contributed by atoms with E-state index in [-0.39, 0.29) is 5.82 Å². The van der Waals surface area contributed by atoms with Gasteiger partial charge in [0, 0.05) is 31.7 Å². The third kappa shape index (κ3) is 2.95. The molecule has 130 valence electrons. The lowest BCUT2D eigenvalue weighted by molar-refractivity contribution is 0.312. The summed E-state index contributed by atoms with van der Waals surface area (Å²) in [6.07, 6.45) is 3.36. The third-order valence-electron chi connectivity index (χ3n) is 4.81. The molecule has 0 amide bonds. The van der Waals surface area contributed by atoms with Gasteiger partial charge in [-0.3, -0.25) is 0 Å². The van der Waals surface area contributed by atoms with Crippen LogP contribution in [0.3, 0.4) is 0 Å². The van der Waals surface area contributed by atoms with Crippen LogP contribution in [0.4, 0.5) is 10.2 Å². The minimum absolute atomic E-state index is 0.181. The van der Waals surface area contributed by atoms with Crippen molar-refractivity contribution in [3.63, 3.8) is 0 Å². The topological polar surface area (TPSA) is 50.1 Å². The monoisotopic (exact) mass is 340 g/mol. The number of anilines is 1. The van der Waals surface area contributed by atoms with E-state index in [0.717, 1.165) is 43.0 Å². The van der Waals surface area contributed by atoms with Crippen molar-refractivity contribution >= 4 is 16.9 Å². The summed E-state index contributed by atoms with van der Waals surface area (Å²) >= 11 is 0. The largest absolute Gasteiger partial charge is 0.353 e. The van der Waals surface area contributed by atoms with E-state index in [9.17, 15) is 4.39 Å². The molecule has 25 heavy (non-hydrogen) atoms. The lowest BCUT2D eigenvalue weighted by atomic mass is 10.1. The van der Waals surface area contributed by atoms with Crippen molar-refractivity contribution < 1.29 is 4.39 Å². The Balaban J connectivity index is 1.68. The summed E-state index contributed by atoms with van der Waals surface area (Å²) < 4.78 is 16.1. The summed E-state index contributed by atoms with van der Waals surface area (Å²) in [7, 11) is 2.13. The van der Waals surface area contributed by atoms with Crippen molar-refractivity contribution in [3.8, 4) is 0 Å². The van der Waals surface area contributed by atoms with Gasteiger partial charge >= 0.3 is 0 Å². The molecule has 0 atom stereocenters. The lowest BCUT2D eigenvalue weighted by Gasteiger charge is -2.33. The molecule has 4 rings (SSSR count). The van der Waals surface area contributed by atoms with Gasteiger partial charge in [-0.25, -0.2) is 19.0 Å². The zero-order valence-electron chi connectivity index (χ0n) is 14.5. The van der Waals surface area contributed by atoms with E-state index < -0.39 is 0 Å². The summed E-state index contributed by atoms with van der Waals surface area (Å²) in [5, 5.41) is 5.36. The van der Waals surface area contributed by atoms with E-state index in [1.807, 2.05) is 6.07 Å². The van der Waals surface area contributed by atoms with Crippen molar-refractivity contribution in [2.45, 2.75) is 13.5 Å². The van der Waals surface area contributed by atoms with E-state index >= 15 is 0 Å². The van der Waals surface area contributed by atoms with Gasteiger partial charge in [-0.2, -0.15) is 5.10 Å². The van der Waals surface area contributed by atoms with Crippen molar-refractivity contribution in [3.05, 3.63) is 47.7 Å². The second-order valence-electron chi connectivity index (χ2n) is 6.58. The highest BCUT2D eigenvalue weighted by molar-refractivity contribution is 5.86. The fourth-order valence-corrected chi connectivity index (χ4v) is 3.26. The first kappa shape index (κ1) is 16.0. The maximum atomic E-state index is 14.3. The number of piperazine rings is 1. The van der Waals surface area contributed by atoms with Crippen molar-refractivity contribution in [1.82, 2.24) is 24.6 Å². The van der Waals surface area contributed by atoms with Crippen LogP contribution in [0.15, 0.2) is 30.7 Å². The first-order valence-electron chi connectivity index (χ1n) is 8.47. The van der Waals surface area contributed by atoms with Crippen LogP contribution < -0.4 is 4.90 Å². The number of hydrogen-bond donors (Lipinski definition) is 0. The quantitative estimate of drug-likeness (QED) is 0.731. The van der Waals surface area contributed by atoms with Crippen LogP contribution in [0.5, 0.6) is 0 Å². The first-order valence-corrected chi connectivity index (χ1v) is 8.47. The number of halogens is 1. The zero-order chi connectivity index (χ0) is 17.4. The average molecular weight is 340 g/mol. The van der Waals surface area contributed by atoms with Gasteiger partial charge in [0.1, 0.15) is 18.0 Å². The number of fused-ring (bicyclic) bond motifs is 1. The minimum Gasteiger partial charge on any atom is -0.353 e. The van der Waals surface area contributed by atoms with Crippen LogP contribution in [0.25, 0.3) is 11.0 Å². The Hall–Kier alpha value is -2.54. The molecule has 1 aliphatic rings. The van der Waals surface area contributed by atoms with E-state index in [2.05, 4.69) is 31.9 Å². The maximum Gasteiger partial charge on any atom is 0.163 e. The molecule has 0 unspecified atom stereocenters. The molecule has 1 saturated heterocycles. The minimum atomic E-state index is -0.181. The highest BCUT2D eigenvalue weighted by Crippen LogP contribution is 2.24. The summed E-state index contributed by atoms with van der Waals surface area (Å²) in [5.74, 6) is 0.730. The molecule has 0 N–H and O–H groups in total. The van der Waals surface area contributed by atoms with Crippen molar-refractivity contribution in [1.29, 1.82) is 0 Å². The SMILES string of the molecule is Cc1cccc(Cn2ncc3c(N4CCN(C)CC4)ncnc32)c1F. The van der Waals surface area contributed by atoms with E-state index in [1.165, 1.54) is 0 Å². The van der Waals surface area contributed by atoms with E-state index in [0.29, 0.717) is 17.7 Å². The number of benzene rings is 1. The van der Waals surface area contributed by atoms with E-state index in [4.69, 9.17) is 0 Å². The average Bonchev–Trinajstić information content (AvgIpc) is 3.03. The summed E-state index contributed by atoms with van der Waals surface area (Å²) in [6, 6.07) is 5.43. The maximum absolute atomic E-state index is 14.3. The fourth-order valence-electron chi connectivity index (χ4n) is 3.26. The van der Waals surface area contributed by atoms with Crippen LogP contribution in [-0.4, -0.2) is 57.9 Å². The highest BCUT2D eigenvalue weighted by Gasteiger charge is 2.20. The molecule has 7 heteroatoms. The summed E-state index contributed by atoms with van der Waals surface area (Å²) in [4.78, 5) is 13.4. The second kappa shape index (κ2) is 6.40. The van der Waals surface area contributed by atoms with Gasteiger partial charge in [-0.15, -0.1) is 0 Å². The van der Waals surface area contributed by atoms with Crippen molar-refractivity contribution in [2.24, 2.45) is 0 Å². The predicted octanol–water partition coefficient (Wildman–Crippen LogP) is 2.07. The van der Waals surface area contributed by atoms with Crippen molar-refractivity contribution in [2.75, 3.05) is 38.1 Å². The molecule has 1 aliphatic heterocycles. The molecule has 3 heterocycles. The molecule has 0 saturated carbocycles. The molecule has 0 spiro atoms. The number of likely N-dealkylation sites (N-methyl/N-ethyl adjacent to an activating group) is 1. The smallest absolute Gasteiger partial charge is 0.163 e. The Labute approximate surface area is 145 Å². The Bertz CT molecular complexity index is 898. The molecule has 2 aromatic heterocycles. The normalized spacial score (nSPS) is 15.9. The summed E-state index contributed by atoms with van der Waals surface area (Å²) in [5.41, 5.74) is 2.00. The Morgan fingerprint density at radius 1 is 1.12 bits per heavy atom. The molecule has 0 aliphatic carbocycles. The number of hydrogen-bond acceptors (Lipinski definition) is 5. The molecular weight excluding hydrogens is 319 g/mol. The van der Waals surface area contributed by atoms with Gasteiger partial charge in [0.25, 0.3) is 0 Å². The van der Waals surface area contributed by atoms with Gasteiger partial charge in [0.2, 0.25) is 0 Å². The second-order valence-corrected chi connectivity index (χ2v) is 6.58. The molecular formula is C18H21FN6. The Morgan fingerprint density at radius 2 is 1.92 bits per heavy atom. The van der Waals surface area contributed by atoms with Gasteiger partial charge in [-0.05, 0) is 19.5 Å². The standard InChI is InChI=1S/C18H21FN6/c1-13-4-3-5-14(16(13)19)11-25-18-15(10-22-25)17(20-12-21-18)24-8-6-23(2)7-9-24/h3-5,10,12H,6-9,11H2,1-2H3. The molecule has 0 bridgehead atoms. The molecule has 1 fully saturated rings. The first-order chi connectivity index (χ1) is 12.1. The highest BCUT2D eigenvalue weighted by atomic mass is 19.1. The molecule has 6 nitrogen and oxygen atoms in total. The van der Waals surface area contributed by atoms with Crippen LogP contribution in [0, 0.1) is 12.7 Å². The molecule has 3 aromatic rings. The Morgan fingerprint density at radius 3 is 2.72 bits per heavy atom. The fraction of sp³-hybridized carbons (Fsp3) is 0.389. The van der Waals surface area contributed by atoms with Crippen LogP contribution in [-0.2, 0) is 6.54 Å². The predicted molar refractivity (Wildman–Crippen MR) is 95.3 cm³/mol. The molecule has 0 radical (unpaired) electrons. The van der Waals surface area contributed by atoms with Crippen LogP contribution >= 0.6 is 0 Å². The molecule has 1 aromatic carbocycles. The van der Waals surface area contributed by atoms with Gasteiger partial charge in [0.15, 0.2) is 5.65 Å². The number of rotatable bonds is 3. The summed E-state index contributed by atoms with van der Waals surface area (Å²) in [6.45, 7) is 6.01. The Kier molecular flexibility index (Phi) is 4.09. The van der Waals surface area contributed by atoms with Gasteiger partial charge in [-0.1, -0.05) is 18.2 Å². The van der Waals surface area contributed by atoms with Crippen LogP contribution in [0.1, 0.15) is 11.1 Å². The number of nitrogens with zero attached hydrogens (tertiary/aromatic N) is 6. The lowest BCUT2D eigenvalue weighted by Crippen LogP contribution is -2.44. The zero-order valence-corrected chi connectivity index (χ0v) is 14.5. The van der Waals surface area contributed by atoms with E-state index in [1.54, 1.807) is 36.3 Å². The number of aryl methyl sites for hydroxylation is 1. The number of aromatic nitrogens is 4. The van der Waals surface area contributed by atoms with Gasteiger partial charge in [0.05, 0.1) is 18.1 Å². The van der Waals surface area contributed by atoms with Crippen LogP contribution in [0.2, 0.25) is 0 Å².